The van der Waals surface area contributed by atoms with E-state index in [1.165, 1.54) is 0 Å². The molecule has 1 amide bonds. The van der Waals surface area contributed by atoms with Crippen LogP contribution in [-0.2, 0) is 0 Å². The van der Waals surface area contributed by atoms with Crippen molar-refractivity contribution < 1.29 is 9.21 Å². The first-order valence-electron chi connectivity index (χ1n) is 9.11. The van der Waals surface area contributed by atoms with E-state index in [2.05, 4.69) is 25.9 Å². The molecule has 0 unspecified atom stereocenters. The van der Waals surface area contributed by atoms with E-state index in [4.69, 9.17) is 4.42 Å². The number of hydrogen-bond acceptors (Lipinski definition) is 6. The molecule has 0 spiro atoms. The average molecular weight is 389 g/mol. The third-order valence-corrected chi connectivity index (χ3v) is 5.01. The van der Waals surface area contributed by atoms with E-state index in [0.717, 1.165) is 55.8 Å². The first-order valence-corrected chi connectivity index (χ1v) is 9.11. The molecule has 1 aromatic carbocycles. The Morgan fingerprint density at radius 1 is 1.22 bits per heavy atom. The Balaban J connectivity index is 0.00000180. The van der Waals surface area contributed by atoms with Gasteiger partial charge in [-0.05, 0) is 57.0 Å². The van der Waals surface area contributed by atoms with Gasteiger partial charge in [-0.25, -0.2) is 9.67 Å². The van der Waals surface area contributed by atoms with Crippen LogP contribution >= 0.6 is 12.4 Å². The fourth-order valence-corrected chi connectivity index (χ4v) is 3.35. The van der Waals surface area contributed by atoms with Crippen molar-refractivity contribution in [1.82, 2.24) is 25.3 Å². The number of nitrogens with zero attached hydrogens (tertiary/aromatic N) is 4. The monoisotopic (exact) mass is 388 g/mol. The summed E-state index contributed by atoms with van der Waals surface area (Å²) in [6.45, 7) is 1.93. The van der Waals surface area contributed by atoms with Crippen LogP contribution in [0, 0.1) is 0 Å². The van der Waals surface area contributed by atoms with Gasteiger partial charge in [-0.3, -0.25) is 4.79 Å². The van der Waals surface area contributed by atoms with Gasteiger partial charge in [0.25, 0.3) is 5.91 Å². The van der Waals surface area contributed by atoms with Crippen molar-refractivity contribution in [3.63, 3.8) is 0 Å². The molecule has 3 heterocycles. The van der Waals surface area contributed by atoms with Gasteiger partial charge < -0.3 is 15.1 Å². The smallest absolute Gasteiger partial charge is 0.277 e. The minimum atomic E-state index is -0.268. The van der Waals surface area contributed by atoms with Crippen LogP contribution in [0.1, 0.15) is 54.0 Å². The highest BCUT2D eigenvalue weighted by atomic mass is 35.5. The lowest BCUT2D eigenvalue weighted by molar-refractivity contribution is 0.102. The van der Waals surface area contributed by atoms with E-state index in [-0.39, 0.29) is 18.3 Å². The number of amides is 1. The zero-order valence-electron chi connectivity index (χ0n) is 14.7. The summed E-state index contributed by atoms with van der Waals surface area (Å²) in [7, 11) is 0. The van der Waals surface area contributed by atoms with E-state index in [1.807, 2.05) is 18.2 Å². The lowest BCUT2D eigenvalue weighted by Crippen LogP contribution is -2.29. The molecule has 2 aliphatic rings. The molecule has 1 saturated heterocycles. The second kappa shape index (κ2) is 7.28. The summed E-state index contributed by atoms with van der Waals surface area (Å²) in [6.07, 6.45) is 6.00. The van der Waals surface area contributed by atoms with Crippen LogP contribution in [0.2, 0.25) is 0 Å². The van der Waals surface area contributed by atoms with Crippen molar-refractivity contribution in [3.8, 4) is 0 Å². The predicted octanol–water partition coefficient (Wildman–Crippen LogP) is 2.90. The molecule has 142 valence electrons. The number of aromatic nitrogens is 4. The maximum absolute atomic E-state index is 12.5. The Hall–Kier alpha value is -2.45. The Bertz CT molecular complexity index is 958. The van der Waals surface area contributed by atoms with E-state index in [0.29, 0.717) is 23.3 Å². The molecule has 1 saturated carbocycles. The predicted molar refractivity (Wildman–Crippen MR) is 102 cm³/mol. The van der Waals surface area contributed by atoms with E-state index in [1.54, 1.807) is 10.9 Å². The van der Waals surface area contributed by atoms with Crippen LogP contribution in [0.3, 0.4) is 0 Å². The molecule has 5 rings (SSSR count). The summed E-state index contributed by atoms with van der Waals surface area (Å²) in [6, 6.07) is 5.80. The number of halogens is 1. The number of piperidine rings is 1. The number of nitrogens with one attached hydrogen (secondary N) is 2. The van der Waals surface area contributed by atoms with Crippen molar-refractivity contribution in [2.24, 2.45) is 0 Å². The fourth-order valence-electron chi connectivity index (χ4n) is 3.35. The summed E-state index contributed by atoms with van der Waals surface area (Å²) >= 11 is 0. The van der Waals surface area contributed by atoms with Crippen LogP contribution in [0.4, 0.5) is 5.69 Å². The van der Waals surface area contributed by atoms with Crippen molar-refractivity contribution >= 4 is 35.1 Å². The maximum Gasteiger partial charge on any atom is 0.277 e. The molecule has 1 aliphatic heterocycles. The lowest BCUT2D eigenvalue weighted by Gasteiger charge is -2.22. The quantitative estimate of drug-likeness (QED) is 0.713. The number of hydrogen-bond donors (Lipinski definition) is 2. The third-order valence-electron chi connectivity index (χ3n) is 5.01. The van der Waals surface area contributed by atoms with Gasteiger partial charge >= 0.3 is 0 Å². The normalized spacial score (nSPS) is 17.6. The summed E-state index contributed by atoms with van der Waals surface area (Å²) in [5, 5.41) is 14.4. The Kier molecular flexibility index (Phi) is 4.84. The zero-order chi connectivity index (χ0) is 17.5. The summed E-state index contributed by atoms with van der Waals surface area (Å²) < 4.78 is 7.56. The highest BCUT2D eigenvalue weighted by Crippen LogP contribution is 2.40. The van der Waals surface area contributed by atoms with Gasteiger partial charge in [-0.15, -0.1) is 17.5 Å². The Morgan fingerprint density at radius 3 is 2.81 bits per heavy atom. The number of carbonyl (C=O) groups is 1. The molecule has 1 aliphatic carbocycles. The SMILES string of the molecule is Cl.O=C(Nc1ccc2oc(C3CC3)nc2c1)c1cn(C2CCNCC2)nn1. The van der Waals surface area contributed by atoms with Gasteiger partial charge in [0, 0.05) is 11.6 Å². The minimum absolute atomic E-state index is 0. The first-order chi connectivity index (χ1) is 12.8. The van der Waals surface area contributed by atoms with Crippen molar-refractivity contribution in [3.05, 3.63) is 36.0 Å². The van der Waals surface area contributed by atoms with Gasteiger partial charge in [0.15, 0.2) is 17.2 Å². The summed E-state index contributed by atoms with van der Waals surface area (Å²) in [4.78, 5) is 17.0. The largest absolute Gasteiger partial charge is 0.440 e. The summed E-state index contributed by atoms with van der Waals surface area (Å²) in [5.41, 5.74) is 2.52. The van der Waals surface area contributed by atoms with Crippen molar-refractivity contribution in [2.75, 3.05) is 18.4 Å². The molecule has 2 aromatic heterocycles. The fraction of sp³-hybridized carbons (Fsp3) is 0.444. The van der Waals surface area contributed by atoms with Crippen LogP contribution in [0.15, 0.2) is 28.8 Å². The standard InChI is InChI=1S/C18H20N6O2.ClH/c25-17(15-10-24(23-22-15)13-5-7-19-8-6-13)20-12-3-4-16-14(9-12)21-18(26-16)11-1-2-11;/h3-4,9-11,13,19H,1-2,5-8H2,(H,20,25);1H. The second-order valence-electron chi connectivity index (χ2n) is 7.03. The van der Waals surface area contributed by atoms with E-state index >= 15 is 0 Å². The van der Waals surface area contributed by atoms with Crippen molar-refractivity contribution in [2.45, 2.75) is 37.6 Å². The molecule has 0 atom stereocenters. The summed E-state index contributed by atoms with van der Waals surface area (Å²) in [5.74, 6) is 0.995. The molecule has 8 nitrogen and oxygen atoms in total. The molecule has 3 aromatic rings. The van der Waals surface area contributed by atoms with Gasteiger partial charge in [-0.1, -0.05) is 5.21 Å². The molecule has 2 fully saturated rings. The van der Waals surface area contributed by atoms with E-state index in [9.17, 15) is 4.79 Å². The third kappa shape index (κ3) is 3.68. The molecule has 2 N–H and O–H groups in total. The Labute approximate surface area is 162 Å². The van der Waals surface area contributed by atoms with Crippen LogP contribution in [-0.4, -0.2) is 39.0 Å². The van der Waals surface area contributed by atoms with Crippen LogP contribution in [0.5, 0.6) is 0 Å². The first kappa shape index (κ1) is 17.9. The van der Waals surface area contributed by atoms with Gasteiger partial charge in [0.2, 0.25) is 0 Å². The maximum atomic E-state index is 12.5. The number of rotatable bonds is 4. The number of fused-ring (bicyclic) bond motifs is 1. The van der Waals surface area contributed by atoms with Gasteiger partial charge in [0.05, 0.1) is 12.2 Å². The van der Waals surface area contributed by atoms with Gasteiger partial charge in [0.1, 0.15) is 5.52 Å². The topological polar surface area (TPSA) is 97.9 Å². The van der Waals surface area contributed by atoms with Crippen LogP contribution in [0.25, 0.3) is 11.1 Å². The van der Waals surface area contributed by atoms with Crippen molar-refractivity contribution in [1.29, 1.82) is 0 Å². The molecule has 0 bridgehead atoms. The van der Waals surface area contributed by atoms with E-state index < -0.39 is 0 Å². The van der Waals surface area contributed by atoms with Crippen LogP contribution < -0.4 is 10.6 Å². The number of carbonyl (C=O) groups excluding carboxylic acids is 1. The highest BCUT2D eigenvalue weighted by Gasteiger charge is 2.29. The minimum Gasteiger partial charge on any atom is -0.440 e. The molecule has 0 radical (unpaired) electrons. The average Bonchev–Trinajstić information content (AvgIpc) is 3.24. The highest BCUT2D eigenvalue weighted by molar-refractivity contribution is 6.03. The number of benzene rings is 1. The number of oxazole rings is 1. The molecular weight excluding hydrogens is 368 g/mol. The number of anilines is 1. The van der Waals surface area contributed by atoms with Gasteiger partial charge in [-0.2, -0.15) is 0 Å². The zero-order valence-corrected chi connectivity index (χ0v) is 15.5. The molecular formula is C18H21ClN6O2. The lowest BCUT2D eigenvalue weighted by atomic mass is 10.1. The second-order valence-corrected chi connectivity index (χ2v) is 7.03. The Morgan fingerprint density at radius 2 is 2.04 bits per heavy atom. The molecule has 9 heteroatoms. The molecule has 27 heavy (non-hydrogen) atoms.